The van der Waals surface area contributed by atoms with Gasteiger partial charge in [-0.2, -0.15) is 0 Å². The summed E-state index contributed by atoms with van der Waals surface area (Å²) < 4.78 is 41.7. The van der Waals surface area contributed by atoms with E-state index >= 15 is 0 Å². The van der Waals surface area contributed by atoms with Gasteiger partial charge in [0.1, 0.15) is 5.82 Å². The van der Waals surface area contributed by atoms with E-state index in [2.05, 4.69) is 10.3 Å². The Kier molecular flexibility index (Phi) is 5.13. The summed E-state index contributed by atoms with van der Waals surface area (Å²) in [7, 11) is -0.0201. The van der Waals surface area contributed by atoms with Crippen molar-refractivity contribution in [2.24, 2.45) is 21.1 Å². The minimum atomic E-state index is -4.05. The number of sulfone groups is 1. The number of hydrogen-bond acceptors (Lipinski definition) is 6. The van der Waals surface area contributed by atoms with E-state index in [9.17, 15) is 27.2 Å². The number of carbonyl (C=O) groups is 1. The molecule has 2 aromatic heterocycles. The lowest BCUT2D eigenvalue weighted by Crippen LogP contribution is -2.37. The molecule has 2 heterocycles. The molecule has 0 unspecified atom stereocenters. The molecule has 0 fully saturated rings. The molecule has 0 bridgehead atoms. The van der Waals surface area contributed by atoms with Crippen LogP contribution in [0.5, 0.6) is 0 Å². The maximum Gasteiger partial charge on any atom is 0.332 e. The number of anilines is 1. The quantitative estimate of drug-likeness (QED) is 0.612. The van der Waals surface area contributed by atoms with Gasteiger partial charge in [-0.1, -0.05) is 6.07 Å². The number of nitrogens with zero attached hydrogens (tertiary/aromatic N) is 4. The molecular formula is C17H18FN5O5S. The Hall–Kier alpha value is -3.28. The Morgan fingerprint density at radius 2 is 1.83 bits per heavy atom. The van der Waals surface area contributed by atoms with E-state index in [4.69, 9.17) is 0 Å². The van der Waals surface area contributed by atoms with Crippen LogP contribution in [0.25, 0.3) is 11.2 Å². The number of aromatic nitrogens is 4. The largest absolute Gasteiger partial charge is 0.332 e. The fourth-order valence-corrected chi connectivity index (χ4v) is 4.32. The summed E-state index contributed by atoms with van der Waals surface area (Å²) in [5.41, 5.74) is -1.25. The number of rotatable bonds is 5. The SMILES string of the molecule is Cn1c(=O)c2nc(S(=O)(=O)CCC(=O)Nc3cccc(F)c3)n(C)c2n(C)c1=O. The van der Waals surface area contributed by atoms with Crippen LogP contribution in [0, 0.1) is 5.82 Å². The van der Waals surface area contributed by atoms with Crippen LogP contribution >= 0.6 is 0 Å². The van der Waals surface area contributed by atoms with Gasteiger partial charge < -0.3 is 9.88 Å². The highest BCUT2D eigenvalue weighted by molar-refractivity contribution is 7.91. The summed E-state index contributed by atoms with van der Waals surface area (Å²) in [5.74, 6) is -1.75. The van der Waals surface area contributed by atoms with Crippen LogP contribution in [0.3, 0.4) is 0 Å². The topological polar surface area (TPSA) is 125 Å². The van der Waals surface area contributed by atoms with Crippen LogP contribution in [0.15, 0.2) is 39.0 Å². The first-order valence-corrected chi connectivity index (χ1v) is 10.1. The molecule has 0 saturated carbocycles. The number of halogens is 1. The van der Waals surface area contributed by atoms with E-state index in [1.54, 1.807) is 0 Å². The molecule has 0 aliphatic rings. The molecule has 0 atom stereocenters. The van der Waals surface area contributed by atoms with Gasteiger partial charge in [0.25, 0.3) is 5.56 Å². The first-order chi connectivity index (χ1) is 13.5. The average Bonchev–Trinajstić information content (AvgIpc) is 3.01. The highest BCUT2D eigenvalue weighted by atomic mass is 32.2. The number of nitrogens with one attached hydrogen (secondary N) is 1. The van der Waals surface area contributed by atoms with Crippen LogP contribution in [-0.2, 0) is 35.8 Å². The van der Waals surface area contributed by atoms with Gasteiger partial charge in [-0.05, 0) is 18.2 Å². The smallest absolute Gasteiger partial charge is 0.326 e. The number of imidazole rings is 1. The Bertz CT molecular complexity index is 1350. The third kappa shape index (κ3) is 3.70. The fraction of sp³-hybridized carbons (Fsp3) is 0.294. The van der Waals surface area contributed by atoms with Gasteiger partial charge in [-0.15, -0.1) is 0 Å². The van der Waals surface area contributed by atoms with Crippen LogP contribution in [0.1, 0.15) is 6.42 Å². The van der Waals surface area contributed by atoms with Crippen molar-refractivity contribution in [3.05, 3.63) is 50.9 Å². The van der Waals surface area contributed by atoms with E-state index < -0.39 is 50.1 Å². The van der Waals surface area contributed by atoms with E-state index in [-0.39, 0.29) is 16.9 Å². The van der Waals surface area contributed by atoms with Crippen molar-refractivity contribution in [2.75, 3.05) is 11.1 Å². The molecule has 0 radical (unpaired) electrons. The Balaban J connectivity index is 1.89. The van der Waals surface area contributed by atoms with E-state index in [0.29, 0.717) is 0 Å². The molecule has 3 rings (SSSR count). The van der Waals surface area contributed by atoms with Crippen LogP contribution in [0.4, 0.5) is 10.1 Å². The normalized spacial score (nSPS) is 11.7. The zero-order valence-electron chi connectivity index (χ0n) is 15.8. The van der Waals surface area contributed by atoms with E-state index in [1.807, 2.05) is 0 Å². The standard InChI is InChI=1S/C17H18FN5O5S/c1-21-14-13(15(25)23(3)17(26)22(14)2)20-16(21)29(27,28)8-7-12(24)19-11-6-4-5-10(18)9-11/h4-6,9H,7-8H2,1-3H3,(H,19,24). The van der Waals surface area contributed by atoms with Crippen molar-refractivity contribution in [1.29, 1.82) is 0 Å². The Morgan fingerprint density at radius 3 is 2.48 bits per heavy atom. The predicted molar refractivity (Wildman–Crippen MR) is 103 cm³/mol. The molecule has 1 N–H and O–H groups in total. The Labute approximate surface area is 164 Å². The first-order valence-electron chi connectivity index (χ1n) is 8.43. The van der Waals surface area contributed by atoms with Crippen molar-refractivity contribution in [3.8, 4) is 0 Å². The van der Waals surface area contributed by atoms with Crippen LogP contribution in [0.2, 0.25) is 0 Å². The van der Waals surface area contributed by atoms with Crippen molar-refractivity contribution in [2.45, 2.75) is 11.6 Å². The number of amides is 1. The minimum absolute atomic E-state index is 0.0564. The molecule has 0 aliphatic carbocycles. The summed E-state index contributed by atoms with van der Waals surface area (Å²) in [4.78, 5) is 40.3. The molecule has 3 aromatic rings. The molecule has 0 aliphatic heterocycles. The van der Waals surface area contributed by atoms with Gasteiger partial charge >= 0.3 is 5.69 Å². The van der Waals surface area contributed by atoms with Crippen LogP contribution < -0.4 is 16.6 Å². The van der Waals surface area contributed by atoms with Crippen molar-refractivity contribution in [1.82, 2.24) is 18.7 Å². The van der Waals surface area contributed by atoms with E-state index in [1.165, 1.54) is 39.3 Å². The maximum absolute atomic E-state index is 13.2. The van der Waals surface area contributed by atoms with Gasteiger partial charge in [-0.3, -0.25) is 18.7 Å². The number of benzene rings is 1. The number of fused-ring (bicyclic) bond motifs is 1. The molecule has 1 amide bonds. The second kappa shape index (κ2) is 7.28. The molecule has 10 nitrogen and oxygen atoms in total. The number of aryl methyl sites for hydroxylation is 2. The Morgan fingerprint density at radius 1 is 1.14 bits per heavy atom. The van der Waals surface area contributed by atoms with Crippen molar-refractivity contribution >= 4 is 32.6 Å². The van der Waals surface area contributed by atoms with Crippen molar-refractivity contribution < 1.29 is 17.6 Å². The highest BCUT2D eigenvalue weighted by Gasteiger charge is 2.26. The van der Waals surface area contributed by atoms with Gasteiger partial charge in [0, 0.05) is 33.3 Å². The van der Waals surface area contributed by atoms with Gasteiger partial charge in [0.15, 0.2) is 11.2 Å². The molecule has 0 spiro atoms. The monoisotopic (exact) mass is 423 g/mol. The summed E-state index contributed by atoms with van der Waals surface area (Å²) in [6.45, 7) is 0. The summed E-state index contributed by atoms with van der Waals surface area (Å²) in [6.07, 6.45) is -0.404. The van der Waals surface area contributed by atoms with Crippen LogP contribution in [-0.4, -0.2) is 38.8 Å². The lowest BCUT2D eigenvalue weighted by molar-refractivity contribution is -0.115. The highest BCUT2D eigenvalue weighted by Crippen LogP contribution is 2.16. The fourth-order valence-electron chi connectivity index (χ4n) is 2.94. The maximum atomic E-state index is 13.2. The van der Waals surface area contributed by atoms with Gasteiger partial charge in [0.05, 0.1) is 5.75 Å². The summed E-state index contributed by atoms with van der Waals surface area (Å²) >= 11 is 0. The minimum Gasteiger partial charge on any atom is -0.326 e. The zero-order valence-corrected chi connectivity index (χ0v) is 16.7. The summed E-state index contributed by atoms with van der Waals surface area (Å²) in [6, 6.07) is 5.20. The molecule has 29 heavy (non-hydrogen) atoms. The molecule has 12 heteroatoms. The molecular weight excluding hydrogens is 405 g/mol. The second-order valence-electron chi connectivity index (χ2n) is 6.46. The van der Waals surface area contributed by atoms with Crippen molar-refractivity contribution in [3.63, 3.8) is 0 Å². The van der Waals surface area contributed by atoms with Gasteiger partial charge in [0.2, 0.25) is 20.9 Å². The molecule has 154 valence electrons. The van der Waals surface area contributed by atoms with Gasteiger partial charge in [-0.25, -0.2) is 22.6 Å². The zero-order chi connectivity index (χ0) is 21.5. The number of hydrogen-bond donors (Lipinski definition) is 1. The molecule has 0 saturated heterocycles. The first kappa shape index (κ1) is 20.5. The third-order valence-corrected chi connectivity index (χ3v) is 6.07. The lowest BCUT2D eigenvalue weighted by Gasteiger charge is -2.07. The predicted octanol–water partition coefficient (Wildman–Crippen LogP) is -0.0877. The van der Waals surface area contributed by atoms with E-state index in [0.717, 1.165) is 19.8 Å². The average molecular weight is 423 g/mol. The third-order valence-electron chi connectivity index (χ3n) is 4.41. The lowest BCUT2D eigenvalue weighted by atomic mass is 10.3. The summed E-state index contributed by atoms with van der Waals surface area (Å²) in [5, 5.41) is 1.99. The second-order valence-corrected chi connectivity index (χ2v) is 8.46. The molecule has 1 aromatic carbocycles. The number of carbonyl (C=O) groups excluding carboxylic acids is 1.